The number of rotatable bonds is 2. The second kappa shape index (κ2) is 4.07. The molecule has 2 nitrogen and oxygen atoms in total. The average molecular weight is 181 g/mol. The first kappa shape index (κ1) is 9.00. The first-order chi connectivity index (χ1) is 5.75. The predicted octanol–water partition coefficient (Wildman–Crippen LogP) is 2.63. The van der Waals surface area contributed by atoms with Crippen molar-refractivity contribution in [3.8, 4) is 0 Å². The molecule has 0 aromatic carbocycles. The average Bonchev–Trinajstić information content (AvgIpc) is 2.51. The van der Waals surface area contributed by atoms with Crippen molar-refractivity contribution in [3.63, 3.8) is 0 Å². The van der Waals surface area contributed by atoms with Crippen LogP contribution in [0.1, 0.15) is 13.8 Å². The summed E-state index contributed by atoms with van der Waals surface area (Å²) in [6.07, 6.45) is 3.62. The summed E-state index contributed by atoms with van der Waals surface area (Å²) in [4.78, 5) is 12.7. The van der Waals surface area contributed by atoms with E-state index in [1.807, 2.05) is 30.5 Å². The Bertz CT molecular complexity index is 277. The van der Waals surface area contributed by atoms with Gasteiger partial charge >= 0.3 is 0 Å². The molecule has 3 heteroatoms. The molecule has 0 aliphatic carbocycles. The van der Waals surface area contributed by atoms with Crippen molar-refractivity contribution in [1.29, 1.82) is 0 Å². The molecule has 0 bridgehead atoms. The molecule has 0 saturated carbocycles. The molecule has 0 saturated heterocycles. The SMILES string of the molecule is C/C=C/N(C(C)=O)c1cccs1. The molecule has 1 amide bonds. The number of carbonyl (C=O) groups is 1. The molecule has 0 aliphatic rings. The molecule has 64 valence electrons. The Balaban J connectivity index is 2.88. The Morgan fingerprint density at radius 2 is 2.42 bits per heavy atom. The summed E-state index contributed by atoms with van der Waals surface area (Å²) in [7, 11) is 0. The summed E-state index contributed by atoms with van der Waals surface area (Å²) in [5.41, 5.74) is 0. The third kappa shape index (κ3) is 1.95. The van der Waals surface area contributed by atoms with Gasteiger partial charge in [0.15, 0.2) is 0 Å². The van der Waals surface area contributed by atoms with Crippen molar-refractivity contribution in [2.45, 2.75) is 13.8 Å². The van der Waals surface area contributed by atoms with Crippen LogP contribution < -0.4 is 4.90 Å². The minimum absolute atomic E-state index is 0.0375. The summed E-state index contributed by atoms with van der Waals surface area (Å²) in [6.45, 7) is 3.45. The highest BCUT2D eigenvalue weighted by molar-refractivity contribution is 7.14. The van der Waals surface area contributed by atoms with E-state index in [-0.39, 0.29) is 5.91 Å². The summed E-state index contributed by atoms with van der Waals surface area (Å²) in [5.74, 6) is 0.0375. The Labute approximate surface area is 76.1 Å². The molecule has 0 fully saturated rings. The van der Waals surface area contributed by atoms with Crippen molar-refractivity contribution >= 4 is 22.2 Å². The van der Waals surface area contributed by atoms with Crippen LogP contribution in [0.2, 0.25) is 0 Å². The van der Waals surface area contributed by atoms with Crippen LogP contribution in [0.5, 0.6) is 0 Å². The number of thiophene rings is 1. The number of carbonyl (C=O) groups excluding carboxylic acids is 1. The molecule has 0 N–H and O–H groups in total. The lowest BCUT2D eigenvalue weighted by molar-refractivity contribution is -0.115. The molecule has 0 aliphatic heterocycles. The molecule has 0 spiro atoms. The van der Waals surface area contributed by atoms with Crippen molar-refractivity contribution in [3.05, 3.63) is 29.8 Å². The normalized spacial score (nSPS) is 10.5. The fourth-order valence-electron chi connectivity index (χ4n) is 0.890. The number of hydrogen-bond acceptors (Lipinski definition) is 2. The minimum atomic E-state index is 0.0375. The maximum atomic E-state index is 11.1. The lowest BCUT2D eigenvalue weighted by Crippen LogP contribution is -2.20. The van der Waals surface area contributed by atoms with Gasteiger partial charge in [0.1, 0.15) is 5.00 Å². The van der Waals surface area contributed by atoms with Gasteiger partial charge in [0.05, 0.1) is 0 Å². The topological polar surface area (TPSA) is 20.3 Å². The highest BCUT2D eigenvalue weighted by Crippen LogP contribution is 2.21. The molecule has 1 rings (SSSR count). The van der Waals surface area contributed by atoms with Gasteiger partial charge in [-0.2, -0.15) is 0 Å². The van der Waals surface area contributed by atoms with Crippen molar-refractivity contribution in [2.24, 2.45) is 0 Å². The third-order valence-electron chi connectivity index (χ3n) is 1.38. The molecule has 0 atom stereocenters. The number of anilines is 1. The van der Waals surface area contributed by atoms with Crippen LogP contribution in [0.15, 0.2) is 29.8 Å². The highest BCUT2D eigenvalue weighted by Gasteiger charge is 2.07. The van der Waals surface area contributed by atoms with Crippen LogP contribution >= 0.6 is 11.3 Å². The van der Waals surface area contributed by atoms with E-state index in [1.165, 1.54) is 0 Å². The summed E-state index contributed by atoms with van der Waals surface area (Å²) in [5, 5.41) is 2.91. The van der Waals surface area contributed by atoms with E-state index < -0.39 is 0 Å². The zero-order valence-corrected chi connectivity index (χ0v) is 7.97. The number of amides is 1. The van der Waals surface area contributed by atoms with Crippen LogP contribution in [0.3, 0.4) is 0 Å². The van der Waals surface area contributed by atoms with Crippen LogP contribution in [-0.2, 0) is 4.79 Å². The molecule has 1 aromatic heterocycles. The van der Waals surface area contributed by atoms with Gasteiger partial charge in [0, 0.05) is 13.1 Å². The molecule has 12 heavy (non-hydrogen) atoms. The monoisotopic (exact) mass is 181 g/mol. The van der Waals surface area contributed by atoms with Gasteiger partial charge in [0.2, 0.25) is 5.91 Å². The van der Waals surface area contributed by atoms with Crippen LogP contribution in [0, 0.1) is 0 Å². The largest absolute Gasteiger partial charge is 0.279 e. The number of allylic oxidation sites excluding steroid dienone is 1. The third-order valence-corrected chi connectivity index (χ3v) is 2.25. The van der Waals surface area contributed by atoms with Crippen molar-refractivity contribution < 1.29 is 4.79 Å². The Hall–Kier alpha value is -1.09. The zero-order valence-electron chi connectivity index (χ0n) is 7.15. The van der Waals surface area contributed by atoms with Gasteiger partial charge in [-0.05, 0) is 24.4 Å². The number of hydrogen-bond donors (Lipinski definition) is 0. The van der Waals surface area contributed by atoms with Gasteiger partial charge in [-0.1, -0.05) is 6.08 Å². The minimum Gasteiger partial charge on any atom is -0.279 e. The highest BCUT2D eigenvalue weighted by atomic mass is 32.1. The standard InChI is InChI=1S/C9H11NOS/c1-3-6-10(8(2)11)9-5-4-7-12-9/h3-7H,1-2H3/b6-3+. The van der Waals surface area contributed by atoms with Gasteiger partial charge in [-0.3, -0.25) is 9.69 Å². The quantitative estimate of drug-likeness (QED) is 0.686. The van der Waals surface area contributed by atoms with Crippen LogP contribution in [0.25, 0.3) is 0 Å². The van der Waals surface area contributed by atoms with Crippen molar-refractivity contribution in [2.75, 3.05) is 4.90 Å². The van der Waals surface area contributed by atoms with E-state index in [9.17, 15) is 4.79 Å². The zero-order chi connectivity index (χ0) is 8.97. The maximum absolute atomic E-state index is 11.1. The van der Waals surface area contributed by atoms with Crippen molar-refractivity contribution in [1.82, 2.24) is 0 Å². The molecule has 1 heterocycles. The molecule has 1 aromatic rings. The fourth-order valence-corrected chi connectivity index (χ4v) is 1.65. The van der Waals surface area contributed by atoms with Gasteiger partial charge in [0.25, 0.3) is 0 Å². The lowest BCUT2D eigenvalue weighted by atomic mass is 10.5. The number of nitrogens with zero attached hydrogens (tertiary/aromatic N) is 1. The van der Waals surface area contributed by atoms with Crippen LogP contribution in [0.4, 0.5) is 5.00 Å². The van der Waals surface area contributed by atoms with Gasteiger partial charge in [-0.25, -0.2) is 0 Å². The second-order valence-electron chi connectivity index (χ2n) is 2.32. The van der Waals surface area contributed by atoms with E-state index in [1.54, 1.807) is 29.4 Å². The predicted molar refractivity (Wildman–Crippen MR) is 52.3 cm³/mol. The van der Waals surface area contributed by atoms with Gasteiger partial charge in [-0.15, -0.1) is 11.3 Å². The fraction of sp³-hybridized carbons (Fsp3) is 0.222. The van der Waals surface area contributed by atoms with E-state index >= 15 is 0 Å². The molecule has 0 unspecified atom stereocenters. The first-order valence-corrected chi connectivity index (χ1v) is 4.60. The molecule has 0 radical (unpaired) electrons. The molecular formula is C9H11NOS. The Morgan fingerprint density at radius 3 is 2.83 bits per heavy atom. The van der Waals surface area contributed by atoms with Crippen LogP contribution in [-0.4, -0.2) is 5.91 Å². The van der Waals surface area contributed by atoms with E-state index in [0.29, 0.717) is 0 Å². The van der Waals surface area contributed by atoms with E-state index in [0.717, 1.165) is 5.00 Å². The first-order valence-electron chi connectivity index (χ1n) is 3.72. The second-order valence-corrected chi connectivity index (χ2v) is 3.25. The Morgan fingerprint density at radius 1 is 1.67 bits per heavy atom. The summed E-state index contributed by atoms with van der Waals surface area (Å²) >= 11 is 1.55. The van der Waals surface area contributed by atoms with E-state index in [4.69, 9.17) is 0 Å². The smallest absolute Gasteiger partial charge is 0.228 e. The summed E-state index contributed by atoms with van der Waals surface area (Å²) in [6, 6.07) is 3.85. The van der Waals surface area contributed by atoms with E-state index in [2.05, 4.69) is 0 Å². The maximum Gasteiger partial charge on any atom is 0.228 e. The Kier molecular flexibility index (Phi) is 3.05. The molecular weight excluding hydrogens is 170 g/mol. The summed E-state index contributed by atoms with van der Waals surface area (Å²) < 4.78 is 0. The van der Waals surface area contributed by atoms with Gasteiger partial charge < -0.3 is 0 Å². The lowest BCUT2D eigenvalue weighted by Gasteiger charge is -2.12.